The van der Waals surface area contributed by atoms with Gasteiger partial charge in [-0.1, -0.05) is 37.6 Å². The second-order valence-electron chi connectivity index (χ2n) is 9.67. The molecule has 4 rings (SSSR count). The van der Waals surface area contributed by atoms with Gasteiger partial charge in [0, 0.05) is 50.9 Å². The van der Waals surface area contributed by atoms with Crippen molar-refractivity contribution < 1.29 is 24.4 Å². The molecule has 2 aliphatic rings. The predicted molar refractivity (Wildman–Crippen MR) is 132 cm³/mol. The summed E-state index contributed by atoms with van der Waals surface area (Å²) in [5.74, 6) is -4.05. The average Bonchev–Trinajstić information content (AvgIpc) is 3.32. The molecule has 2 aromatic carbocycles. The van der Waals surface area contributed by atoms with Gasteiger partial charge in [-0.15, -0.1) is 0 Å². The molecule has 0 spiro atoms. The maximum atomic E-state index is 13.6. The van der Waals surface area contributed by atoms with Crippen LogP contribution in [0.5, 0.6) is 0 Å². The second-order valence-corrected chi connectivity index (χ2v) is 9.67. The fourth-order valence-electron chi connectivity index (χ4n) is 5.36. The van der Waals surface area contributed by atoms with Crippen molar-refractivity contribution in [2.24, 2.45) is 11.8 Å². The highest BCUT2D eigenvalue weighted by atomic mass is 16.6. The van der Waals surface area contributed by atoms with Gasteiger partial charge in [-0.05, 0) is 29.7 Å². The summed E-state index contributed by atoms with van der Waals surface area (Å²) in [5.41, 5.74) is 0.324. The Morgan fingerprint density at radius 1 is 1.11 bits per heavy atom. The zero-order valence-corrected chi connectivity index (χ0v) is 20.5. The van der Waals surface area contributed by atoms with E-state index < -0.39 is 40.2 Å². The van der Waals surface area contributed by atoms with E-state index in [2.05, 4.69) is 5.32 Å². The standard InChI is InChI=1S/C26H30N4O6/c1-4-5-14-29-23(31)20-21(24(29)32)26(25(33)34,15-16-6-10-19(11-7-16)30(35)36)27-22(20)17-8-12-18(13-9-17)28(2)3/h6-13,20-22,27H,4-5,14-15H2,1-3H3,(H,33,34). The number of likely N-dealkylation sites (tertiary alicyclic amines) is 1. The first-order valence-corrected chi connectivity index (χ1v) is 12.0. The number of amides is 2. The van der Waals surface area contributed by atoms with Gasteiger partial charge in [0.25, 0.3) is 5.69 Å². The molecule has 0 radical (unpaired) electrons. The minimum absolute atomic E-state index is 0.103. The van der Waals surface area contributed by atoms with Gasteiger partial charge in [0.1, 0.15) is 5.54 Å². The summed E-state index contributed by atoms with van der Waals surface area (Å²) in [6.07, 6.45) is 1.32. The molecule has 190 valence electrons. The first kappa shape index (κ1) is 25.3. The number of aliphatic carboxylic acids is 1. The maximum absolute atomic E-state index is 13.6. The number of nitrogens with one attached hydrogen (secondary N) is 1. The molecule has 2 amide bonds. The highest BCUT2D eigenvalue weighted by molar-refractivity contribution is 6.09. The van der Waals surface area contributed by atoms with Crippen LogP contribution in [0, 0.1) is 22.0 Å². The molecular weight excluding hydrogens is 464 g/mol. The van der Waals surface area contributed by atoms with Crippen molar-refractivity contribution >= 4 is 29.2 Å². The fourth-order valence-corrected chi connectivity index (χ4v) is 5.36. The lowest BCUT2D eigenvalue weighted by Gasteiger charge is -2.31. The Hall–Kier alpha value is -3.79. The highest BCUT2D eigenvalue weighted by Gasteiger charge is 2.68. The molecule has 2 heterocycles. The number of nitro benzene ring substituents is 1. The van der Waals surface area contributed by atoms with Crippen LogP contribution in [0.15, 0.2) is 48.5 Å². The van der Waals surface area contributed by atoms with Gasteiger partial charge < -0.3 is 10.0 Å². The molecule has 2 aliphatic heterocycles. The molecule has 0 aromatic heterocycles. The van der Waals surface area contributed by atoms with Gasteiger partial charge in [-0.3, -0.25) is 34.7 Å². The first-order chi connectivity index (χ1) is 17.1. The number of unbranched alkanes of at least 4 members (excludes halogenated alkanes) is 1. The molecule has 36 heavy (non-hydrogen) atoms. The van der Waals surface area contributed by atoms with Crippen molar-refractivity contribution in [3.63, 3.8) is 0 Å². The maximum Gasteiger partial charge on any atom is 0.325 e. The van der Waals surface area contributed by atoms with Crippen molar-refractivity contribution in [1.29, 1.82) is 0 Å². The topological polar surface area (TPSA) is 133 Å². The summed E-state index contributed by atoms with van der Waals surface area (Å²) in [4.78, 5) is 53.7. The lowest BCUT2D eigenvalue weighted by Crippen LogP contribution is -2.57. The van der Waals surface area contributed by atoms with E-state index in [0.29, 0.717) is 12.0 Å². The van der Waals surface area contributed by atoms with E-state index in [1.807, 2.05) is 50.2 Å². The van der Waals surface area contributed by atoms with Gasteiger partial charge in [0.2, 0.25) is 11.8 Å². The third-order valence-corrected chi connectivity index (χ3v) is 7.26. The lowest BCUT2D eigenvalue weighted by atomic mass is 9.76. The number of imide groups is 1. The third-order valence-electron chi connectivity index (χ3n) is 7.26. The number of rotatable bonds is 9. The number of hydrogen-bond acceptors (Lipinski definition) is 7. The Morgan fingerprint density at radius 2 is 1.75 bits per heavy atom. The van der Waals surface area contributed by atoms with E-state index in [0.717, 1.165) is 17.7 Å². The van der Waals surface area contributed by atoms with Crippen molar-refractivity contribution in [2.75, 3.05) is 25.5 Å². The molecule has 10 nitrogen and oxygen atoms in total. The minimum Gasteiger partial charge on any atom is -0.480 e. The van der Waals surface area contributed by atoms with Crippen LogP contribution in [-0.2, 0) is 20.8 Å². The quantitative estimate of drug-likeness (QED) is 0.309. The molecule has 0 saturated carbocycles. The SMILES string of the molecule is CCCCN1C(=O)C2C(c3ccc(N(C)C)cc3)NC(Cc3ccc([N+](=O)[O-])cc3)(C(=O)O)C2C1=O. The van der Waals surface area contributed by atoms with Gasteiger partial charge in [0.15, 0.2) is 0 Å². The second kappa shape index (κ2) is 9.69. The van der Waals surface area contributed by atoms with Crippen LogP contribution in [0.3, 0.4) is 0 Å². The number of carboxylic acid groups (broad SMARTS) is 1. The predicted octanol–water partition coefficient (Wildman–Crippen LogP) is 2.77. The normalized spacial score (nSPS) is 25.2. The van der Waals surface area contributed by atoms with E-state index in [9.17, 15) is 29.6 Å². The summed E-state index contributed by atoms with van der Waals surface area (Å²) < 4.78 is 0. The van der Waals surface area contributed by atoms with Gasteiger partial charge >= 0.3 is 5.97 Å². The fraction of sp³-hybridized carbons (Fsp3) is 0.423. The number of carbonyl (C=O) groups excluding carboxylic acids is 2. The summed E-state index contributed by atoms with van der Waals surface area (Å²) in [6, 6.07) is 12.4. The largest absolute Gasteiger partial charge is 0.480 e. The lowest BCUT2D eigenvalue weighted by molar-refractivity contribution is -0.384. The Balaban J connectivity index is 1.78. The van der Waals surface area contributed by atoms with Crippen molar-refractivity contribution in [3.05, 3.63) is 69.8 Å². The third kappa shape index (κ3) is 4.21. The Morgan fingerprint density at radius 3 is 2.28 bits per heavy atom. The smallest absolute Gasteiger partial charge is 0.325 e. The summed E-state index contributed by atoms with van der Waals surface area (Å²) in [5, 5.41) is 24.7. The summed E-state index contributed by atoms with van der Waals surface area (Å²) >= 11 is 0. The number of nitrogens with zero attached hydrogens (tertiary/aromatic N) is 3. The van der Waals surface area contributed by atoms with Crippen molar-refractivity contribution in [1.82, 2.24) is 10.2 Å². The van der Waals surface area contributed by atoms with Crippen LogP contribution >= 0.6 is 0 Å². The van der Waals surface area contributed by atoms with Crippen LogP contribution < -0.4 is 10.2 Å². The number of nitro groups is 1. The van der Waals surface area contributed by atoms with Crippen LogP contribution in [0.2, 0.25) is 0 Å². The van der Waals surface area contributed by atoms with E-state index >= 15 is 0 Å². The van der Waals surface area contributed by atoms with Crippen LogP contribution in [0.4, 0.5) is 11.4 Å². The molecule has 4 atom stereocenters. The molecule has 0 aliphatic carbocycles. The molecular formula is C26H30N4O6. The first-order valence-electron chi connectivity index (χ1n) is 12.0. The Bertz CT molecular complexity index is 1180. The van der Waals surface area contributed by atoms with Gasteiger partial charge in [-0.2, -0.15) is 0 Å². The van der Waals surface area contributed by atoms with Crippen LogP contribution in [0.1, 0.15) is 36.9 Å². The number of carboxylic acids is 1. The van der Waals surface area contributed by atoms with Gasteiger partial charge in [0.05, 0.1) is 16.8 Å². The number of benzene rings is 2. The number of fused-ring (bicyclic) bond motifs is 1. The van der Waals surface area contributed by atoms with Gasteiger partial charge in [-0.25, -0.2) is 0 Å². The summed E-state index contributed by atoms with van der Waals surface area (Å²) in [7, 11) is 3.81. The van der Waals surface area contributed by atoms with E-state index in [-0.39, 0.29) is 24.6 Å². The van der Waals surface area contributed by atoms with E-state index in [1.165, 1.54) is 29.2 Å². The Kier molecular flexibility index (Phi) is 6.81. The van der Waals surface area contributed by atoms with E-state index in [4.69, 9.17) is 0 Å². The molecule has 2 fully saturated rings. The van der Waals surface area contributed by atoms with E-state index in [1.54, 1.807) is 0 Å². The molecule has 2 N–H and O–H groups in total. The molecule has 0 bridgehead atoms. The molecule has 4 unspecified atom stereocenters. The number of anilines is 1. The molecule has 2 aromatic rings. The number of hydrogen-bond donors (Lipinski definition) is 2. The zero-order valence-electron chi connectivity index (χ0n) is 20.5. The Labute approximate surface area is 209 Å². The summed E-state index contributed by atoms with van der Waals surface area (Å²) in [6.45, 7) is 2.21. The van der Waals surface area contributed by atoms with Crippen molar-refractivity contribution in [2.45, 2.75) is 37.8 Å². The number of carbonyl (C=O) groups is 3. The molecule has 10 heteroatoms. The van der Waals surface area contributed by atoms with Crippen LogP contribution in [-0.4, -0.2) is 58.9 Å². The van der Waals surface area contributed by atoms with Crippen LogP contribution in [0.25, 0.3) is 0 Å². The number of non-ortho nitro benzene ring substituents is 1. The highest BCUT2D eigenvalue weighted by Crippen LogP contribution is 2.50. The minimum atomic E-state index is -1.75. The zero-order chi connectivity index (χ0) is 26.2. The monoisotopic (exact) mass is 494 g/mol. The van der Waals surface area contributed by atoms with Crippen molar-refractivity contribution in [3.8, 4) is 0 Å². The molecule has 2 saturated heterocycles. The average molecular weight is 495 g/mol.